The lowest BCUT2D eigenvalue weighted by molar-refractivity contribution is -0.136. The molecule has 1 saturated heterocycles. The molecular weight excluding hydrogens is 276 g/mol. The van der Waals surface area contributed by atoms with Crippen LogP contribution in [0.4, 0.5) is 0 Å². The molecule has 0 aromatic heterocycles. The minimum absolute atomic E-state index is 0.0480. The number of fused-ring (bicyclic) bond motifs is 1. The van der Waals surface area contributed by atoms with Crippen molar-refractivity contribution in [3.8, 4) is 0 Å². The van der Waals surface area contributed by atoms with Crippen LogP contribution in [0.3, 0.4) is 0 Å². The number of carbonyl (C=O) groups excluding carboxylic acids is 2. The highest BCUT2D eigenvalue weighted by molar-refractivity contribution is 6.01. The number of carbonyl (C=O) groups is 2. The van der Waals surface area contributed by atoms with E-state index in [-0.39, 0.29) is 23.3 Å². The van der Waals surface area contributed by atoms with Crippen LogP contribution in [0.1, 0.15) is 50.3 Å². The maximum Gasteiger partial charge on any atom is 0.249 e. The summed E-state index contributed by atoms with van der Waals surface area (Å²) in [5.74, 6) is -0.388. The Labute approximate surface area is 131 Å². The van der Waals surface area contributed by atoms with Crippen LogP contribution in [-0.2, 0) is 21.5 Å². The van der Waals surface area contributed by atoms with Crippen LogP contribution in [-0.4, -0.2) is 22.8 Å². The van der Waals surface area contributed by atoms with E-state index in [1.54, 1.807) is 0 Å². The fraction of sp³-hybridized carbons (Fsp3) is 0.444. The summed E-state index contributed by atoms with van der Waals surface area (Å²) in [5.41, 5.74) is 4.60. The Hall–Kier alpha value is -2.10. The quantitative estimate of drug-likeness (QED) is 0.811. The third kappa shape index (κ3) is 2.32. The number of amides is 2. The van der Waals surface area contributed by atoms with Gasteiger partial charge in [0.25, 0.3) is 0 Å². The number of benzene rings is 1. The van der Waals surface area contributed by atoms with Gasteiger partial charge in [-0.05, 0) is 23.0 Å². The Balaban J connectivity index is 1.95. The average molecular weight is 298 g/mol. The van der Waals surface area contributed by atoms with Crippen molar-refractivity contribution in [3.63, 3.8) is 0 Å². The topological polar surface area (TPSA) is 49.4 Å². The maximum absolute atomic E-state index is 12.2. The highest BCUT2D eigenvalue weighted by Gasteiger charge is 2.37. The summed E-state index contributed by atoms with van der Waals surface area (Å²) in [4.78, 5) is 25.5. The molecule has 1 aromatic rings. The number of rotatable bonds is 1. The van der Waals surface area contributed by atoms with Gasteiger partial charge in [0.2, 0.25) is 11.8 Å². The highest BCUT2D eigenvalue weighted by Crippen LogP contribution is 2.40. The summed E-state index contributed by atoms with van der Waals surface area (Å²) in [7, 11) is 0. The van der Waals surface area contributed by atoms with Crippen molar-refractivity contribution in [3.05, 3.63) is 41.5 Å². The van der Waals surface area contributed by atoms with Crippen molar-refractivity contribution in [2.24, 2.45) is 0 Å². The largest absolute Gasteiger partial charge is 0.355 e. The molecule has 0 radical (unpaired) electrons. The SMILES string of the molecule is C=C1c2cccc(C(C)(C)C)c2CN1C1CCC(=O)NC1=O. The minimum atomic E-state index is -0.301. The molecule has 2 amide bonds. The van der Waals surface area contributed by atoms with Crippen LogP contribution in [0, 0.1) is 0 Å². The molecule has 4 nitrogen and oxygen atoms in total. The predicted molar refractivity (Wildman–Crippen MR) is 85.9 cm³/mol. The standard InChI is InChI=1S/C18H22N2O2/c1-11-12-6-5-7-14(18(2,3)4)13(12)10-20(11)15-8-9-16(21)19-17(15)22/h5-7,15H,1,8-10H2,2-4H3,(H,19,21,22). The molecule has 1 N–H and O–H groups in total. The molecule has 2 aliphatic rings. The molecule has 1 fully saturated rings. The molecule has 0 aliphatic carbocycles. The van der Waals surface area contributed by atoms with Gasteiger partial charge in [-0.15, -0.1) is 0 Å². The van der Waals surface area contributed by atoms with Crippen LogP contribution >= 0.6 is 0 Å². The molecule has 1 aromatic carbocycles. The van der Waals surface area contributed by atoms with E-state index in [1.807, 2.05) is 4.90 Å². The second-order valence-corrected chi connectivity index (χ2v) is 7.12. The summed E-state index contributed by atoms with van der Waals surface area (Å²) in [6.45, 7) is 11.5. The van der Waals surface area contributed by atoms with E-state index < -0.39 is 0 Å². The third-order valence-electron chi connectivity index (χ3n) is 4.56. The number of nitrogens with zero attached hydrogens (tertiary/aromatic N) is 1. The summed E-state index contributed by atoms with van der Waals surface area (Å²) in [6.07, 6.45) is 0.950. The molecule has 0 saturated carbocycles. The smallest absolute Gasteiger partial charge is 0.249 e. The van der Waals surface area contributed by atoms with E-state index in [1.165, 1.54) is 11.1 Å². The molecule has 2 aliphatic heterocycles. The summed E-state index contributed by atoms with van der Waals surface area (Å²) in [5, 5.41) is 2.44. The monoisotopic (exact) mass is 298 g/mol. The Morgan fingerprint density at radius 1 is 1.27 bits per heavy atom. The number of imide groups is 1. The maximum atomic E-state index is 12.2. The zero-order chi connectivity index (χ0) is 16.1. The molecule has 4 heteroatoms. The first-order chi connectivity index (χ1) is 10.3. The van der Waals surface area contributed by atoms with Crippen LogP contribution in [0.25, 0.3) is 5.70 Å². The van der Waals surface area contributed by atoms with Crippen LogP contribution in [0.15, 0.2) is 24.8 Å². The van der Waals surface area contributed by atoms with Crippen molar-refractivity contribution in [2.75, 3.05) is 0 Å². The molecule has 2 heterocycles. The van der Waals surface area contributed by atoms with Crippen LogP contribution in [0.5, 0.6) is 0 Å². The van der Waals surface area contributed by atoms with Crippen molar-refractivity contribution in [1.82, 2.24) is 10.2 Å². The van der Waals surface area contributed by atoms with Crippen molar-refractivity contribution < 1.29 is 9.59 Å². The van der Waals surface area contributed by atoms with Gasteiger partial charge in [-0.2, -0.15) is 0 Å². The minimum Gasteiger partial charge on any atom is -0.355 e. The predicted octanol–water partition coefficient (Wildman–Crippen LogP) is 2.58. The number of piperidine rings is 1. The summed E-state index contributed by atoms with van der Waals surface area (Å²) in [6, 6.07) is 5.97. The van der Waals surface area contributed by atoms with Crippen molar-refractivity contribution in [1.29, 1.82) is 0 Å². The first kappa shape index (κ1) is 14.8. The molecule has 0 spiro atoms. The number of hydrogen-bond donors (Lipinski definition) is 1. The van der Waals surface area contributed by atoms with Gasteiger partial charge in [0.15, 0.2) is 0 Å². The fourth-order valence-corrected chi connectivity index (χ4v) is 3.43. The number of hydrogen-bond acceptors (Lipinski definition) is 3. The van der Waals surface area contributed by atoms with Crippen molar-refractivity contribution >= 4 is 17.5 Å². The van der Waals surface area contributed by atoms with Crippen LogP contribution < -0.4 is 5.32 Å². The fourth-order valence-electron chi connectivity index (χ4n) is 3.43. The van der Waals surface area contributed by atoms with Crippen molar-refractivity contribution in [2.45, 2.75) is 51.6 Å². The normalized spacial score (nSPS) is 21.9. The zero-order valence-corrected chi connectivity index (χ0v) is 13.4. The Kier molecular flexibility index (Phi) is 3.35. The van der Waals surface area contributed by atoms with E-state index in [4.69, 9.17) is 0 Å². The Bertz CT molecular complexity index is 670. The molecule has 1 unspecified atom stereocenters. The lowest BCUT2D eigenvalue weighted by atomic mass is 9.82. The van der Waals surface area contributed by atoms with Gasteiger partial charge < -0.3 is 4.90 Å². The van der Waals surface area contributed by atoms with E-state index >= 15 is 0 Å². The van der Waals surface area contributed by atoms with Crippen LogP contribution in [0.2, 0.25) is 0 Å². The average Bonchev–Trinajstić information content (AvgIpc) is 2.75. The molecular formula is C18H22N2O2. The zero-order valence-electron chi connectivity index (χ0n) is 13.4. The summed E-state index contributed by atoms with van der Waals surface area (Å²) < 4.78 is 0. The van der Waals surface area contributed by atoms with E-state index in [0.717, 1.165) is 11.3 Å². The van der Waals surface area contributed by atoms with Gasteiger partial charge in [-0.1, -0.05) is 45.5 Å². The molecule has 0 bridgehead atoms. The highest BCUT2D eigenvalue weighted by atomic mass is 16.2. The van der Waals surface area contributed by atoms with Gasteiger partial charge in [0.1, 0.15) is 6.04 Å². The molecule has 116 valence electrons. The van der Waals surface area contributed by atoms with Gasteiger partial charge in [0.05, 0.1) is 0 Å². The van der Waals surface area contributed by atoms with Gasteiger partial charge in [0, 0.05) is 24.2 Å². The summed E-state index contributed by atoms with van der Waals surface area (Å²) >= 11 is 0. The van der Waals surface area contributed by atoms with E-state index in [2.05, 4.69) is 50.9 Å². The van der Waals surface area contributed by atoms with Gasteiger partial charge >= 0.3 is 0 Å². The van der Waals surface area contributed by atoms with E-state index in [9.17, 15) is 9.59 Å². The first-order valence-corrected chi connectivity index (χ1v) is 7.71. The number of nitrogens with one attached hydrogen (secondary N) is 1. The van der Waals surface area contributed by atoms with E-state index in [0.29, 0.717) is 19.4 Å². The lowest BCUT2D eigenvalue weighted by Gasteiger charge is -2.32. The molecule has 22 heavy (non-hydrogen) atoms. The third-order valence-corrected chi connectivity index (χ3v) is 4.56. The van der Waals surface area contributed by atoms with Gasteiger partial charge in [-0.25, -0.2) is 0 Å². The second kappa shape index (κ2) is 4.97. The Morgan fingerprint density at radius 2 is 2.00 bits per heavy atom. The second-order valence-electron chi connectivity index (χ2n) is 7.12. The molecule has 1 atom stereocenters. The first-order valence-electron chi connectivity index (χ1n) is 7.71. The molecule has 3 rings (SSSR count). The lowest BCUT2D eigenvalue weighted by Crippen LogP contribution is -2.50. The van der Waals surface area contributed by atoms with Gasteiger partial charge in [-0.3, -0.25) is 14.9 Å². The Morgan fingerprint density at radius 3 is 2.64 bits per heavy atom.